The first kappa shape index (κ1) is 18.7. The number of halogens is 1. The number of hydrogen-bond donors (Lipinski definition) is 0. The standard InChI is InChI=1S/C16H22BrNO3Si/c1-16(2,3)22(5,6)21-14-11(10-18)7-8-12(13(14)9-17)15(19)20-4/h7-8H,9H2,1-6H3. The minimum Gasteiger partial charge on any atom is -0.542 e. The number of esters is 1. The van der Waals surface area contributed by atoms with E-state index in [1.54, 1.807) is 12.1 Å². The lowest BCUT2D eigenvalue weighted by molar-refractivity contribution is 0.0599. The highest BCUT2D eigenvalue weighted by Gasteiger charge is 2.40. The molecule has 0 aliphatic carbocycles. The summed E-state index contributed by atoms with van der Waals surface area (Å²) >= 11 is 3.40. The quantitative estimate of drug-likeness (QED) is 0.432. The van der Waals surface area contributed by atoms with E-state index in [1.165, 1.54) is 7.11 Å². The van der Waals surface area contributed by atoms with Crippen LogP contribution >= 0.6 is 15.9 Å². The van der Waals surface area contributed by atoms with E-state index in [2.05, 4.69) is 55.9 Å². The molecule has 4 nitrogen and oxygen atoms in total. The summed E-state index contributed by atoms with van der Waals surface area (Å²) in [6, 6.07) is 5.38. The van der Waals surface area contributed by atoms with Crippen LogP contribution in [0.5, 0.6) is 5.75 Å². The summed E-state index contributed by atoms with van der Waals surface area (Å²) in [6.07, 6.45) is 0. The third-order valence-corrected chi connectivity index (χ3v) is 8.97. The van der Waals surface area contributed by atoms with Crippen LogP contribution in [0.15, 0.2) is 12.1 Å². The van der Waals surface area contributed by atoms with E-state index in [0.717, 1.165) is 0 Å². The zero-order chi connectivity index (χ0) is 17.1. The molecule has 0 unspecified atom stereocenters. The summed E-state index contributed by atoms with van der Waals surface area (Å²) in [6.45, 7) is 10.6. The monoisotopic (exact) mass is 383 g/mol. The molecule has 0 heterocycles. The van der Waals surface area contributed by atoms with E-state index in [9.17, 15) is 10.1 Å². The Balaban J connectivity index is 3.51. The Morgan fingerprint density at radius 1 is 1.36 bits per heavy atom. The van der Waals surface area contributed by atoms with Crippen LogP contribution in [-0.4, -0.2) is 21.4 Å². The van der Waals surface area contributed by atoms with Gasteiger partial charge in [0.2, 0.25) is 0 Å². The molecule has 0 amide bonds. The van der Waals surface area contributed by atoms with Gasteiger partial charge in [-0.2, -0.15) is 5.26 Å². The number of nitriles is 1. The van der Waals surface area contributed by atoms with Gasteiger partial charge in [0, 0.05) is 10.9 Å². The van der Waals surface area contributed by atoms with Crippen molar-refractivity contribution in [1.82, 2.24) is 0 Å². The Morgan fingerprint density at radius 3 is 2.36 bits per heavy atom. The molecule has 0 bridgehead atoms. The summed E-state index contributed by atoms with van der Waals surface area (Å²) in [7, 11) is -0.793. The lowest BCUT2D eigenvalue weighted by Gasteiger charge is -2.37. The smallest absolute Gasteiger partial charge is 0.338 e. The Morgan fingerprint density at radius 2 is 1.95 bits per heavy atom. The number of methoxy groups -OCH3 is 1. The van der Waals surface area contributed by atoms with Crippen molar-refractivity contribution in [2.45, 2.75) is 44.2 Å². The lowest BCUT2D eigenvalue weighted by atomic mass is 10.0. The van der Waals surface area contributed by atoms with Gasteiger partial charge < -0.3 is 9.16 Å². The Bertz CT molecular complexity index is 615. The number of rotatable bonds is 4. The minimum atomic E-state index is -2.13. The average Bonchev–Trinajstić information content (AvgIpc) is 2.44. The van der Waals surface area contributed by atoms with Crippen LogP contribution in [-0.2, 0) is 10.1 Å². The summed E-state index contributed by atoms with van der Waals surface area (Å²) in [5.74, 6) is 0.0629. The minimum absolute atomic E-state index is 0.00935. The summed E-state index contributed by atoms with van der Waals surface area (Å²) < 4.78 is 11.1. The summed E-state index contributed by atoms with van der Waals surface area (Å²) in [4.78, 5) is 11.9. The van der Waals surface area contributed by atoms with Crippen LogP contribution in [0.1, 0.15) is 42.3 Å². The molecule has 0 aliphatic heterocycles. The molecule has 0 aliphatic rings. The van der Waals surface area contributed by atoms with Gasteiger partial charge in [-0.15, -0.1) is 0 Å². The van der Waals surface area contributed by atoms with Gasteiger partial charge in [0.15, 0.2) is 0 Å². The second-order valence-corrected chi connectivity index (χ2v) is 11.9. The maximum Gasteiger partial charge on any atom is 0.338 e. The predicted molar refractivity (Wildman–Crippen MR) is 93.0 cm³/mol. The fourth-order valence-corrected chi connectivity index (χ4v) is 3.28. The van der Waals surface area contributed by atoms with E-state index in [-0.39, 0.29) is 5.04 Å². The van der Waals surface area contributed by atoms with Crippen molar-refractivity contribution in [3.05, 3.63) is 28.8 Å². The van der Waals surface area contributed by atoms with Gasteiger partial charge in [-0.05, 0) is 30.3 Å². The summed E-state index contributed by atoms with van der Waals surface area (Å²) in [5.41, 5.74) is 1.52. The maximum atomic E-state index is 11.9. The third-order valence-electron chi connectivity index (χ3n) is 4.08. The molecule has 6 heteroatoms. The van der Waals surface area contributed by atoms with Gasteiger partial charge in [0.1, 0.15) is 11.8 Å². The zero-order valence-electron chi connectivity index (χ0n) is 13.9. The largest absolute Gasteiger partial charge is 0.542 e. The molecule has 120 valence electrons. The molecule has 0 N–H and O–H groups in total. The molecule has 1 aromatic carbocycles. The number of alkyl halides is 1. The van der Waals surface area contributed by atoms with Crippen molar-refractivity contribution >= 4 is 30.2 Å². The molecular formula is C16H22BrNO3Si. The molecule has 0 saturated heterocycles. The molecule has 0 fully saturated rings. The molecule has 22 heavy (non-hydrogen) atoms. The first-order chi connectivity index (χ1) is 10.1. The van der Waals surface area contributed by atoms with E-state index < -0.39 is 14.3 Å². The third kappa shape index (κ3) is 3.71. The fourth-order valence-electron chi connectivity index (χ4n) is 1.67. The Kier molecular flexibility index (Phi) is 5.82. The van der Waals surface area contributed by atoms with Crippen molar-refractivity contribution < 1.29 is 14.0 Å². The zero-order valence-corrected chi connectivity index (χ0v) is 16.5. The van der Waals surface area contributed by atoms with Gasteiger partial charge in [0.05, 0.1) is 18.2 Å². The topological polar surface area (TPSA) is 59.3 Å². The van der Waals surface area contributed by atoms with Crippen LogP contribution in [0.4, 0.5) is 0 Å². The second-order valence-electron chi connectivity index (χ2n) is 6.57. The number of ether oxygens (including phenoxy) is 1. The highest BCUT2D eigenvalue weighted by atomic mass is 79.9. The van der Waals surface area contributed by atoms with Crippen molar-refractivity contribution in [1.29, 1.82) is 5.26 Å². The van der Waals surface area contributed by atoms with E-state index in [1.807, 2.05) is 0 Å². The van der Waals surface area contributed by atoms with E-state index in [4.69, 9.17) is 9.16 Å². The van der Waals surface area contributed by atoms with E-state index >= 15 is 0 Å². The number of nitrogens with zero attached hydrogens (tertiary/aromatic N) is 1. The fraction of sp³-hybridized carbons (Fsp3) is 0.500. The van der Waals surface area contributed by atoms with Gasteiger partial charge in [-0.3, -0.25) is 0 Å². The number of carbonyl (C=O) groups excluding carboxylic acids is 1. The maximum absolute atomic E-state index is 11.9. The number of benzene rings is 1. The molecule has 1 rings (SSSR count). The Labute approximate surface area is 141 Å². The Hall–Kier alpha value is -1.32. The van der Waals surface area contributed by atoms with Crippen molar-refractivity contribution in [2.24, 2.45) is 0 Å². The van der Waals surface area contributed by atoms with Crippen molar-refractivity contribution in [3.8, 4) is 11.8 Å². The van der Waals surface area contributed by atoms with E-state index in [0.29, 0.717) is 27.8 Å². The average molecular weight is 384 g/mol. The first-order valence-corrected chi connectivity index (χ1v) is 11.0. The van der Waals surface area contributed by atoms with Crippen molar-refractivity contribution in [2.75, 3.05) is 7.11 Å². The molecule has 0 spiro atoms. The van der Waals surface area contributed by atoms with Crippen molar-refractivity contribution in [3.63, 3.8) is 0 Å². The first-order valence-electron chi connectivity index (χ1n) is 6.98. The molecule has 0 saturated carbocycles. The van der Waals surface area contributed by atoms with Gasteiger partial charge in [-0.1, -0.05) is 36.7 Å². The molecular weight excluding hydrogens is 362 g/mol. The lowest BCUT2D eigenvalue weighted by Crippen LogP contribution is -2.44. The summed E-state index contributed by atoms with van der Waals surface area (Å²) in [5, 5.41) is 9.78. The number of hydrogen-bond acceptors (Lipinski definition) is 4. The SMILES string of the molecule is COC(=O)c1ccc(C#N)c(O[Si](C)(C)C(C)(C)C)c1CBr. The van der Waals surface area contributed by atoms with Gasteiger partial charge in [-0.25, -0.2) is 4.79 Å². The van der Waals surface area contributed by atoms with Crippen LogP contribution in [0.25, 0.3) is 0 Å². The predicted octanol–water partition coefficient (Wildman–Crippen LogP) is 4.62. The van der Waals surface area contributed by atoms with Crippen LogP contribution in [0.2, 0.25) is 18.1 Å². The van der Waals surface area contributed by atoms with Crippen LogP contribution in [0.3, 0.4) is 0 Å². The van der Waals surface area contributed by atoms with Gasteiger partial charge in [0.25, 0.3) is 8.32 Å². The molecule has 0 radical (unpaired) electrons. The molecule has 0 atom stereocenters. The highest BCUT2D eigenvalue weighted by molar-refractivity contribution is 9.08. The van der Waals surface area contributed by atoms with Crippen LogP contribution < -0.4 is 4.43 Å². The van der Waals surface area contributed by atoms with Gasteiger partial charge >= 0.3 is 5.97 Å². The van der Waals surface area contributed by atoms with Crippen LogP contribution in [0, 0.1) is 11.3 Å². The highest BCUT2D eigenvalue weighted by Crippen LogP contribution is 2.40. The number of carbonyl (C=O) groups is 1. The normalized spacial score (nSPS) is 11.7. The molecule has 0 aromatic heterocycles. The second kappa shape index (κ2) is 6.84. The molecule has 1 aromatic rings.